The molecule has 0 saturated heterocycles. The van der Waals surface area contributed by atoms with E-state index in [4.69, 9.17) is 0 Å². The molecule has 3 rings (SSSR count). The highest BCUT2D eigenvalue weighted by atomic mass is 16.6. The average Bonchev–Trinajstić information content (AvgIpc) is 2.98. The molecule has 0 unspecified atom stereocenters. The molecule has 0 aliphatic heterocycles. The van der Waals surface area contributed by atoms with E-state index >= 15 is 0 Å². The number of nitro groups is 1. The number of aromatic nitrogens is 3. The number of nitro benzene ring substituents is 1. The van der Waals surface area contributed by atoms with Gasteiger partial charge in [0.1, 0.15) is 0 Å². The molecule has 0 saturated carbocycles. The quantitative estimate of drug-likeness (QED) is 0.583. The molecule has 6 heteroatoms. The molecule has 0 amide bonds. The van der Waals surface area contributed by atoms with Crippen molar-refractivity contribution in [1.82, 2.24) is 15.2 Å². The molecule has 0 fully saturated rings. The molecule has 0 bridgehead atoms. The van der Waals surface area contributed by atoms with Crippen LogP contribution < -0.4 is 0 Å². The summed E-state index contributed by atoms with van der Waals surface area (Å²) in [5, 5.41) is 17.9. The Labute approximate surface area is 114 Å². The summed E-state index contributed by atoms with van der Waals surface area (Å²) in [6, 6.07) is 12.0. The van der Waals surface area contributed by atoms with Crippen LogP contribution in [0.2, 0.25) is 0 Å². The van der Waals surface area contributed by atoms with Crippen LogP contribution in [0.1, 0.15) is 0 Å². The fourth-order valence-corrected chi connectivity index (χ4v) is 1.92. The summed E-state index contributed by atoms with van der Waals surface area (Å²) in [4.78, 5) is 14.4. The van der Waals surface area contributed by atoms with Gasteiger partial charge in [0.2, 0.25) is 0 Å². The Bertz CT molecular complexity index is 753. The number of hydrogen-bond donors (Lipinski definition) is 1. The highest BCUT2D eigenvalue weighted by molar-refractivity contribution is 5.69. The number of pyridine rings is 1. The zero-order chi connectivity index (χ0) is 13.9. The van der Waals surface area contributed by atoms with Gasteiger partial charge in [0, 0.05) is 35.7 Å². The maximum atomic E-state index is 10.8. The van der Waals surface area contributed by atoms with Crippen LogP contribution in [0.25, 0.3) is 22.5 Å². The third-order valence-electron chi connectivity index (χ3n) is 2.90. The molecule has 1 aromatic carbocycles. The van der Waals surface area contributed by atoms with E-state index < -0.39 is 4.92 Å². The lowest BCUT2D eigenvalue weighted by Gasteiger charge is -1.96. The summed E-state index contributed by atoms with van der Waals surface area (Å²) in [5.74, 6) is 0. The second-order valence-electron chi connectivity index (χ2n) is 4.22. The van der Waals surface area contributed by atoms with E-state index in [9.17, 15) is 10.1 Å². The first-order chi connectivity index (χ1) is 9.74. The van der Waals surface area contributed by atoms with Crippen molar-refractivity contribution in [1.29, 1.82) is 0 Å². The van der Waals surface area contributed by atoms with E-state index in [-0.39, 0.29) is 5.69 Å². The Balaban J connectivity index is 1.98. The van der Waals surface area contributed by atoms with Gasteiger partial charge in [-0.1, -0.05) is 12.1 Å². The molecule has 0 radical (unpaired) electrons. The van der Waals surface area contributed by atoms with Gasteiger partial charge in [0.25, 0.3) is 5.69 Å². The van der Waals surface area contributed by atoms with Crippen LogP contribution in [0.15, 0.2) is 54.9 Å². The fourth-order valence-electron chi connectivity index (χ4n) is 1.92. The monoisotopic (exact) mass is 266 g/mol. The number of rotatable bonds is 3. The van der Waals surface area contributed by atoms with E-state index in [1.165, 1.54) is 12.1 Å². The molecular formula is C14H10N4O2. The summed E-state index contributed by atoms with van der Waals surface area (Å²) in [5.41, 5.74) is 3.15. The van der Waals surface area contributed by atoms with Crippen LogP contribution in [0.3, 0.4) is 0 Å². The van der Waals surface area contributed by atoms with Gasteiger partial charge in [-0.3, -0.25) is 20.2 Å². The van der Waals surface area contributed by atoms with E-state index in [2.05, 4.69) is 15.2 Å². The lowest BCUT2D eigenvalue weighted by Crippen LogP contribution is -1.88. The molecule has 3 aromatic rings. The second-order valence-corrected chi connectivity index (χ2v) is 4.22. The van der Waals surface area contributed by atoms with Crippen LogP contribution in [-0.2, 0) is 0 Å². The van der Waals surface area contributed by atoms with Crippen molar-refractivity contribution < 1.29 is 4.92 Å². The normalized spacial score (nSPS) is 10.4. The first kappa shape index (κ1) is 12.0. The number of aromatic amines is 1. The maximum absolute atomic E-state index is 10.8. The van der Waals surface area contributed by atoms with E-state index in [1.807, 2.05) is 18.2 Å². The molecule has 98 valence electrons. The summed E-state index contributed by atoms with van der Waals surface area (Å²) < 4.78 is 0. The lowest BCUT2D eigenvalue weighted by atomic mass is 10.1. The van der Waals surface area contributed by atoms with E-state index in [0.29, 0.717) is 0 Å². The molecule has 0 spiro atoms. The van der Waals surface area contributed by atoms with Gasteiger partial charge in [-0.25, -0.2) is 0 Å². The van der Waals surface area contributed by atoms with Crippen molar-refractivity contribution in [3.8, 4) is 22.5 Å². The summed E-state index contributed by atoms with van der Waals surface area (Å²) >= 11 is 0. The predicted octanol–water partition coefficient (Wildman–Crippen LogP) is 3.05. The van der Waals surface area contributed by atoms with Crippen molar-refractivity contribution >= 4 is 5.69 Å². The molecule has 20 heavy (non-hydrogen) atoms. The molecule has 6 nitrogen and oxygen atoms in total. The zero-order valence-electron chi connectivity index (χ0n) is 10.4. The van der Waals surface area contributed by atoms with Gasteiger partial charge in [0.05, 0.1) is 16.3 Å². The van der Waals surface area contributed by atoms with Crippen molar-refractivity contribution in [2.75, 3.05) is 0 Å². The van der Waals surface area contributed by atoms with Crippen molar-refractivity contribution in [2.45, 2.75) is 0 Å². The highest BCUT2D eigenvalue weighted by Crippen LogP contribution is 2.25. The Morgan fingerprint density at radius 2 is 1.95 bits per heavy atom. The van der Waals surface area contributed by atoms with Crippen LogP contribution in [0, 0.1) is 10.1 Å². The Kier molecular flexibility index (Phi) is 2.96. The average molecular weight is 266 g/mol. The molecule has 1 N–H and O–H groups in total. The van der Waals surface area contributed by atoms with Gasteiger partial charge in [-0.05, 0) is 18.2 Å². The summed E-state index contributed by atoms with van der Waals surface area (Å²) in [6.07, 6.45) is 3.41. The Morgan fingerprint density at radius 3 is 2.70 bits per heavy atom. The summed E-state index contributed by atoms with van der Waals surface area (Å²) in [7, 11) is 0. The molecule has 2 aromatic heterocycles. The number of hydrogen-bond acceptors (Lipinski definition) is 4. The summed E-state index contributed by atoms with van der Waals surface area (Å²) in [6.45, 7) is 0. The van der Waals surface area contributed by atoms with Gasteiger partial charge < -0.3 is 0 Å². The fraction of sp³-hybridized carbons (Fsp3) is 0. The minimum absolute atomic E-state index is 0.0556. The molecule has 2 heterocycles. The van der Waals surface area contributed by atoms with Crippen molar-refractivity contribution in [3.63, 3.8) is 0 Å². The zero-order valence-corrected chi connectivity index (χ0v) is 10.4. The minimum atomic E-state index is -0.415. The minimum Gasteiger partial charge on any atom is -0.277 e. The van der Waals surface area contributed by atoms with Gasteiger partial charge >= 0.3 is 0 Å². The number of H-pyrrole nitrogens is 1. The standard InChI is InChI=1S/C14H10N4O2/c19-18(20)12-5-1-3-10(7-12)13-8-14(17-16-13)11-4-2-6-15-9-11/h1-9H,(H,16,17). The maximum Gasteiger partial charge on any atom is 0.270 e. The molecular weight excluding hydrogens is 256 g/mol. The number of nitrogens with one attached hydrogen (secondary N) is 1. The SMILES string of the molecule is O=[N+]([O-])c1cccc(-c2cc(-c3cccnc3)n[nH]2)c1. The van der Waals surface area contributed by atoms with Gasteiger partial charge in [-0.15, -0.1) is 0 Å². The molecule has 0 atom stereocenters. The van der Waals surface area contributed by atoms with Crippen LogP contribution in [0.5, 0.6) is 0 Å². The predicted molar refractivity (Wildman–Crippen MR) is 73.9 cm³/mol. The van der Waals surface area contributed by atoms with Gasteiger partial charge in [0.15, 0.2) is 0 Å². The van der Waals surface area contributed by atoms with Crippen molar-refractivity contribution in [3.05, 3.63) is 65.0 Å². The molecule has 0 aliphatic rings. The number of nitrogens with zero attached hydrogens (tertiary/aromatic N) is 3. The lowest BCUT2D eigenvalue weighted by molar-refractivity contribution is -0.384. The topological polar surface area (TPSA) is 84.7 Å². The van der Waals surface area contributed by atoms with Crippen molar-refractivity contribution in [2.24, 2.45) is 0 Å². The third-order valence-corrected chi connectivity index (χ3v) is 2.90. The van der Waals surface area contributed by atoms with Crippen LogP contribution >= 0.6 is 0 Å². The van der Waals surface area contributed by atoms with Gasteiger partial charge in [-0.2, -0.15) is 5.10 Å². The van der Waals surface area contributed by atoms with E-state index in [1.54, 1.807) is 24.5 Å². The number of benzene rings is 1. The Morgan fingerprint density at radius 1 is 1.10 bits per heavy atom. The third kappa shape index (κ3) is 2.26. The Hall–Kier alpha value is -3.02. The van der Waals surface area contributed by atoms with E-state index in [0.717, 1.165) is 22.5 Å². The molecule has 0 aliphatic carbocycles. The first-order valence-corrected chi connectivity index (χ1v) is 5.95. The number of non-ortho nitro benzene ring substituents is 1. The first-order valence-electron chi connectivity index (χ1n) is 5.95. The smallest absolute Gasteiger partial charge is 0.270 e. The largest absolute Gasteiger partial charge is 0.277 e. The highest BCUT2D eigenvalue weighted by Gasteiger charge is 2.10. The second kappa shape index (κ2) is 4.93. The van der Waals surface area contributed by atoms with Crippen LogP contribution in [0.4, 0.5) is 5.69 Å². The van der Waals surface area contributed by atoms with Crippen LogP contribution in [-0.4, -0.2) is 20.1 Å².